The summed E-state index contributed by atoms with van der Waals surface area (Å²) >= 11 is 3.29. The van der Waals surface area contributed by atoms with E-state index in [9.17, 15) is 9.59 Å². The highest BCUT2D eigenvalue weighted by molar-refractivity contribution is 9.10. The summed E-state index contributed by atoms with van der Waals surface area (Å²) in [5.74, 6) is 0.714. The van der Waals surface area contributed by atoms with E-state index in [1.807, 2.05) is 0 Å². The summed E-state index contributed by atoms with van der Waals surface area (Å²) in [6.07, 6.45) is 0.675. The van der Waals surface area contributed by atoms with Gasteiger partial charge in [0.25, 0.3) is 0 Å². The minimum atomic E-state index is -0.534. The molecular formula is C16H15BrO6. The van der Waals surface area contributed by atoms with E-state index >= 15 is 0 Å². The number of benzene rings is 1. The first kappa shape index (κ1) is 17.1. The first-order valence-corrected chi connectivity index (χ1v) is 7.59. The van der Waals surface area contributed by atoms with Crippen LogP contribution in [-0.2, 0) is 11.3 Å². The molecule has 0 aliphatic rings. The quantitative estimate of drug-likeness (QED) is 0.537. The molecule has 0 amide bonds. The van der Waals surface area contributed by atoms with E-state index in [0.29, 0.717) is 33.6 Å². The van der Waals surface area contributed by atoms with Gasteiger partial charge in [0.2, 0.25) is 5.76 Å². The Balaban J connectivity index is 2.15. The van der Waals surface area contributed by atoms with Gasteiger partial charge in [0.05, 0.1) is 19.3 Å². The van der Waals surface area contributed by atoms with Crippen LogP contribution >= 0.6 is 15.9 Å². The maximum atomic E-state index is 11.5. The smallest absolute Gasteiger partial charge is 0.374 e. The topological polar surface area (TPSA) is 75.0 Å². The molecule has 122 valence electrons. The molecule has 6 nitrogen and oxygen atoms in total. The Morgan fingerprint density at radius 3 is 2.78 bits per heavy atom. The van der Waals surface area contributed by atoms with Gasteiger partial charge in [-0.1, -0.05) is 15.9 Å². The molecule has 1 heterocycles. The van der Waals surface area contributed by atoms with E-state index < -0.39 is 5.97 Å². The van der Waals surface area contributed by atoms with Crippen LogP contribution in [0, 0.1) is 0 Å². The van der Waals surface area contributed by atoms with Crippen molar-refractivity contribution >= 4 is 28.2 Å². The molecule has 1 aromatic heterocycles. The van der Waals surface area contributed by atoms with Crippen LogP contribution in [0.4, 0.5) is 0 Å². The highest BCUT2D eigenvalue weighted by atomic mass is 79.9. The number of furan rings is 1. The summed E-state index contributed by atoms with van der Waals surface area (Å²) in [4.78, 5) is 22.7. The number of hydrogen-bond donors (Lipinski definition) is 0. The van der Waals surface area contributed by atoms with Gasteiger partial charge in [-0.3, -0.25) is 4.79 Å². The van der Waals surface area contributed by atoms with Gasteiger partial charge >= 0.3 is 5.97 Å². The largest absolute Gasteiger partial charge is 0.493 e. The molecule has 2 aromatic rings. The molecule has 1 aromatic carbocycles. The number of halogens is 1. The van der Waals surface area contributed by atoms with E-state index in [4.69, 9.17) is 18.6 Å². The molecular weight excluding hydrogens is 368 g/mol. The van der Waals surface area contributed by atoms with Gasteiger partial charge in [0.15, 0.2) is 17.8 Å². The van der Waals surface area contributed by atoms with Crippen LogP contribution in [0.5, 0.6) is 11.5 Å². The Morgan fingerprint density at radius 2 is 2.13 bits per heavy atom. The molecule has 0 saturated carbocycles. The highest BCUT2D eigenvalue weighted by Gasteiger charge is 2.15. The van der Waals surface area contributed by atoms with E-state index in [-0.39, 0.29) is 19.0 Å². The lowest BCUT2D eigenvalue weighted by Crippen LogP contribution is -2.03. The number of ether oxygens (including phenoxy) is 3. The molecule has 0 fully saturated rings. The summed E-state index contributed by atoms with van der Waals surface area (Å²) in [7, 11) is 1.48. The standard InChI is InChI=1S/C16H15BrO6/c1-3-21-16(19)13-5-4-12(23-13)9-22-15-10(8-18)6-11(17)7-14(15)20-2/h4-8H,3,9H2,1-2H3. The zero-order valence-electron chi connectivity index (χ0n) is 12.6. The summed E-state index contributed by atoms with van der Waals surface area (Å²) in [5.41, 5.74) is 0.341. The second-order valence-electron chi connectivity index (χ2n) is 4.42. The maximum absolute atomic E-state index is 11.5. The van der Waals surface area contributed by atoms with Crippen LogP contribution in [0.2, 0.25) is 0 Å². The van der Waals surface area contributed by atoms with Gasteiger partial charge in [-0.15, -0.1) is 0 Å². The highest BCUT2D eigenvalue weighted by Crippen LogP contribution is 2.34. The van der Waals surface area contributed by atoms with Gasteiger partial charge in [-0.2, -0.15) is 0 Å². The third-order valence-electron chi connectivity index (χ3n) is 2.89. The monoisotopic (exact) mass is 382 g/mol. The Bertz CT molecular complexity index is 707. The molecule has 0 aliphatic heterocycles. The maximum Gasteiger partial charge on any atom is 0.374 e. The minimum Gasteiger partial charge on any atom is -0.493 e. The van der Waals surface area contributed by atoms with E-state index in [0.717, 1.165) is 0 Å². The fraction of sp³-hybridized carbons (Fsp3) is 0.250. The van der Waals surface area contributed by atoms with Crippen molar-refractivity contribution in [3.05, 3.63) is 45.8 Å². The average Bonchev–Trinajstić information content (AvgIpc) is 3.02. The van der Waals surface area contributed by atoms with Crippen LogP contribution in [0.25, 0.3) is 0 Å². The molecule has 0 radical (unpaired) electrons. The molecule has 0 aliphatic carbocycles. The molecule has 0 atom stereocenters. The van der Waals surface area contributed by atoms with Gasteiger partial charge in [0, 0.05) is 4.47 Å². The van der Waals surface area contributed by atoms with Crippen LogP contribution in [0.15, 0.2) is 33.2 Å². The number of carbonyl (C=O) groups is 2. The average molecular weight is 383 g/mol. The lowest BCUT2D eigenvalue weighted by atomic mass is 10.2. The number of esters is 1. The molecule has 0 spiro atoms. The van der Waals surface area contributed by atoms with Crippen molar-refractivity contribution in [2.24, 2.45) is 0 Å². The van der Waals surface area contributed by atoms with Crippen molar-refractivity contribution in [3.8, 4) is 11.5 Å². The molecule has 7 heteroatoms. The second-order valence-corrected chi connectivity index (χ2v) is 5.34. The predicted molar refractivity (Wildman–Crippen MR) is 85.1 cm³/mol. The van der Waals surface area contributed by atoms with Crippen molar-refractivity contribution in [3.63, 3.8) is 0 Å². The van der Waals surface area contributed by atoms with Gasteiger partial charge in [0.1, 0.15) is 12.4 Å². The summed E-state index contributed by atoms with van der Waals surface area (Å²) < 4.78 is 21.7. The van der Waals surface area contributed by atoms with Crippen molar-refractivity contribution < 1.29 is 28.2 Å². The fourth-order valence-electron chi connectivity index (χ4n) is 1.89. The third kappa shape index (κ3) is 4.13. The number of rotatable bonds is 7. The summed E-state index contributed by atoms with van der Waals surface area (Å²) in [6, 6.07) is 6.43. The predicted octanol–water partition coefficient (Wildman–Crippen LogP) is 3.62. The Hall–Kier alpha value is -2.28. The van der Waals surface area contributed by atoms with Crippen LogP contribution in [-0.4, -0.2) is 26.0 Å². The van der Waals surface area contributed by atoms with E-state index in [1.54, 1.807) is 25.1 Å². The Labute approximate surface area is 141 Å². The number of carbonyl (C=O) groups excluding carboxylic acids is 2. The molecule has 2 rings (SSSR count). The van der Waals surface area contributed by atoms with Crippen molar-refractivity contribution in [2.45, 2.75) is 13.5 Å². The van der Waals surface area contributed by atoms with Gasteiger partial charge in [-0.05, 0) is 31.2 Å². The van der Waals surface area contributed by atoms with Crippen LogP contribution < -0.4 is 9.47 Å². The van der Waals surface area contributed by atoms with Crippen LogP contribution in [0.3, 0.4) is 0 Å². The molecule has 0 unspecified atom stereocenters. The first-order valence-electron chi connectivity index (χ1n) is 6.80. The van der Waals surface area contributed by atoms with Crippen molar-refractivity contribution in [1.82, 2.24) is 0 Å². The van der Waals surface area contributed by atoms with Gasteiger partial charge < -0.3 is 18.6 Å². The minimum absolute atomic E-state index is 0.0399. The number of hydrogen-bond acceptors (Lipinski definition) is 6. The number of aldehydes is 1. The first-order chi connectivity index (χ1) is 11.1. The lowest BCUT2D eigenvalue weighted by molar-refractivity contribution is 0.0486. The van der Waals surface area contributed by atoms with E-state index in [2.05, 4.69) is 15.9 Å². The van der Waals surface area contributed by atoms with Gasteiger partial charge in [-0.25, -0.2) is 4.79 Å². The zero-order valence-corrected chi connectivity index (χ0v) is 14.2. The SMILES string of the molecule is CCOC(=O)c1ccc(COc2c(C=O)cc(Br)cc2OC)o1. The zero-order chi connectivity index (χ0) is 16.8. The number of methoxy groups -OCH3 is 1. The molecule has 0 bridgehead atoms. The lowest BCUT2D eigenvalue weighted by Gasteiger charge is -2.12. The Morgan fingerprint density at radius 1 is 1.35 bits per heavy atom. The molecule has 0 saturated heterocycles. The molecule has 0 N–H and O–H groups in total. The summed E-state index contributed by atoms with van der Waals surface area (Å²) in [5, 5.41) is 0. The van der Waals surface area contributed by atoms with Crippen molar-refractivity contribution in [2.75, 3.05) is 13.7 Å². The fourth-order valence-corrected chi connectivity index (χ4v) is 2.35. The third-order valence-corrected chi connectivity index (χ3v) is 3.35. The molecule has 23 heavy (non-hydrogen) atoms. The van der Waals surface area contributed by atoms with Crippen molar-refractivity contribution in [1.29, 1.82) is 0 Å². The van der Waals surface area contributed by atoms with E-state index in [1.165, 1.54) is 13.2 Å². The van der Waals surface area contributed by atoms with Crippen LogP contribution in [0.1, 0.15) is 33.6 Å². The Kier molecular flexibility index (Phi) is 5.81. The second kappa shape index (κ2) is 7.82. The normalized spacial score (nSPS) is 10.2. The summed E-state index contributed by atoms with van der Waals surface area (Å²) in [6.45, 7) is 2.02.